The fraction of sp³-hybridized carbons (Fsp3) is 0.556. The quantitative estimate of drug-likeness (QED) is 0.780. The fourth-order valence-corrected chi connectivity index (χ4v) is 3.41. The Kier molecular flexibility index (Phi) is 7.06. The van der Waals surface area contributed by atoms with Gasteiger partial charge in [0.25, 0.3) is 0 Å². The number of anilines is 2. The molecule has 0 bridgehead atoms. The minimum absolute atomic E-state index is 0. The largest absolute Gasteiger partial charge is 0.326 e. The second-order valence-corrected chi connectivity index (χ2v) is 6.58. The van der Waals surface area contributed by atoms with Crippen molar-refractivity contribution < 1.29 is 9.59 Å². The molecule has 1 aromatic carbocycles. The van der Waals surface area contributed by atoms with E-state index >= 15 is 0 Å². The Morgan fingerprint density at radius 2 is 1.54 bits per heavy atom. The lowest BCUT2D eigenvalue weighted by atomic mass is 9.88. The molecular weight excluding hydrogens is 326 g/mol. The maximum Gasteiger partial charge on any atom is 0.228 e. The van der Waals surface area contributed by atoms with Gasteiger partial charge in [0.15, 0.2) is 0 Å². The highest BCUT2D eigenvalue weighted by Gasteiger charge is 2.23. The predicted octanol–water partition coefficient (Wildman–Crippen LogP) is 3.18. The van der Waals surface area contributed by atoms with Crippen molar-refractivity contribution in [3.05, 3.63) is 24.3 Å². The van der Waals surface area contributed by atoms with Crippen LogP contribution in [0.2, 0.25) is 0 Å². The molecule has 5 nitrogen and oxygen atoms in total. The van der Waals surface area contributed by atoms with Crippen molar-refractivity contribution in [2.45, 2.75) is 38.5 Å². The Morgan fingerprint density at radius 1 is 0.917 bits per heavy atom. The first-order valence-electron chi connectivity index (χ1n) is 8.65. The number of carbonyl (C=O) groups excluding carboxylic acids is 2. The van der Waals surface area contributed by atoms with E-state index in [1.165, 1.54) is 6.42 Å². The van der Waals surface area contributed by atoms with Crippen LogP contribution in [0.25, 0.3) is 0 Å². The van der Waals surface area contributed by atoms with E-state index in [0.29, 0.717) is 0 Å². The zero-order valence-corrected chi connectivity index (χ0v) is 14.7. The molecule has 1 saturated carbocycles. The van der Waals surface area contributed by atoms with Gasteiger partial charge in [0, 0.05) is 23.8 Å². The molecule has 0 aromatic heterocycles. The Hall–Kier alpha value is -1.59. The van der Waals surface area contributed by atoms with Crippen molar-refractivity contribution in [3.63, 3.8) is 0 Å². The average molecular weight is 352 g/mol. The van der Waals surface area contributed by atoms with Crippen LogP contribution in [-0.4, -0.2) is 24.9 Å². The Bertz CT molecular complexity index is 567. The maximum atomic E-state index is 12.3. The first-order valence-corrected chi connectivity index (χ1v) is 8.65. The molecule has 6 heteroatoms. The zero-order valence-electron chi connectivity index (χ0n) is 13.8. The van der Waals surface area contributed by atoms with Gasteiger partial charge in [-0.25, -0.2) is 0 Å². The van der Waals surface area contributed by atoms with E-state index in [9.17, 15) is 9.59 Å². The summed E-state index contributed by atoms with van der Waals surface area (Å²) in [5.41, 5.74) is 1.49. The minimum atomic E-state index is 0. The predicted molar refractivity (Wildman–Crippen MR) is 98.5 cm³/mol. The zero-order chi connectivity index (χ0) is 16.1. The van der Waals surface area contributed by atoms with E-state index in [1.54, 1.807) is 0 Å². The Morgan fingerprint density at radius 3 is 2.12 bits per heavy atom. The highest BCUT2D eigenvalue weighted by Crippen LogP contribution is 2.25. The van der Waals surface area contributed by atoms with Gasteiger partial charge in [0.1, 0.15) is 0 Å². The number of benzene rings is 1. The number of hydrogen-bond acceptors (Lipinski definition) is 3. The summed E-state index contributed by atoms with van der Waals surface area (Å²) >= 11 is 0. The van der Waals surface area contributed by atoms with Gasteiger partial charge in [0.05, 0.1) is 5.92 Å². The highest BCUT2D eigenvalue weighted by molar-refractivity contribution is 5.95. The topological polar surface area (TPSA) is 70.2 Å². The molecule has 2 aliphatic rings. The lowest BCUT2D eigenvalue weighted by Gasteiger charge is -2.21. The van der Waals surface area contributed by atoms with Crippen LogP contribution in [0.3, 0.4) is 0 Å². The summed E-state index contributed by atoms with van der Waals surface area (Å²) in [6.45, 7) is 1.64. The lowest BCUT2D eigenvalue weighted by molar-refractivity contribution is -0.121. The summed E-state index contributed by atoms with van der Waals surface area (Å²) in [7, 11) is 0. The molecule has 1 heterocycles. The first kappa shape index (κ1) is 18.7. The van der Waals surface area contributed by atoms with Crippen molar-refractivity contribution in [2.24, 2.45) is 11.8 Å². The van der Waals surface area contributed by atoms with E-state index in [1.807, 2.05) is 24.3 Å². The summed E-state index contributed by atoms with van der Waals surface area (Å²) in [6.07, 6.45) is 6.37. The fourth-order valence-electron chi connectivity index (χ4n) is 3.41. The van der Waals surface area contributed by atoms with Crippen LogP contribution < -0.4 is 16.0 Å². The molecule has 0 radical (unpaired) electrons. The van der Waals surface area contributed by atoms with Gasteiger partial charge in [-0.05, 0) is 44.0 Å². The molecule has 0 spiro atoms. The molecule has 3 rings (SSSR count). The van der Waals surface area contributed by atoms with E-state index in [0.717, 1.165) is 56.6 Å². The number of hydrogen-bond donors (Lipinski definition) is 3. The standard InChI is InChI=1S/C18H25N3O2.ClH/c22-17(13-5-2-1-3-6-13)20-15-7-4-8-16(11-15)21-18(23)14-9-10-19-12-14;/h4,7-8,11,13-14,19H,1-3,5-6,9-10,12H2,(H,20,22)(H,21,23);1H. The van der Waals surface area contributed by atoms with Crippen molar-refractivity contribution >= 4 is 35.6 Å². The second-order valence-electron chi connectivity index (χ2n) is 6.58. The van der Waals surface area contributed by atoms with Gasteiger partial charge in [0.2, 0.25) is 11.8 Å². The first-order chi connectivity index (χ1) is 11.2. The van der Waals surface area contributed by atoms with Gasteiger partial charge >= 0.3 is 0 Å². The molecule has 3 N–H and O–H groups in total. The van der Waals surface area contributed by atoms with E-state index in [4.69, 9.17) is 0 Å². The summed E-state index contributed by atoms with van der Waals surface area (Å²) in [5.74, 6) is 0.320. The molecule has 1 aliphatic carbocycles. The molecule has 132 valence electrons. The molecule has 1 atom stereocenters. The molecule has 1 aliphatic heterocycles. The number of carbonyl (C=O) groups is 2. The highest BCUT2D eigenvalue weighted by atomic mass is 35.5. The second kappa shape index (κ2) is 9.04. The molecular formula is C18H26ClN3O2. The summed E-state index contributed by atoms with van der Waals surface area (Å²) in [5, 5.41) is 9.13. The smallest absolute Gasteiger partial charge is 0.228 e. The Balaban J connectivity index is 0.00000208. The van der Waals surface area contributed by atoms with Crippen molar-refractivity contribution in [2.75, 3.05) is 23.7 Å². The van der Waals surface area contributed by atoms with Crippen molar-refractivity contribution in [1.82, 2.24) is 5.32 Å². The third kappa shape index (κ3) is 4.95. The van der Waals surface area contributed by atoms with E-state index in [-0.39, 0.29) is 36.1 Å². The number of halogens is 1. The summed E-state index contributed by atoms with van der Waals surface area (Å²) in [6, 6.07) is 7.42. The van der Waals surface area contributed by atoms with Crippen molar-refractivity contribution in [3.8, 4) is 0 Å². The maximum absolute atomic E-state index is 12.3. The van der Waals surface area contributed by atoms with Crippen LogP contribution in [0, 0.1) is 11.8 Å². The monoisotopic (exact) mass is 351 g/mol. The van der Waals surface area contributed by atoms with Crippen LogP contribution in [0.1, 0.15) is 38.5 Å². The number of amides is 2. The van der Waals surface area contributed by atoms with Gasteiger partial charge in [-0.15, -0.1) is 12.4 Å². The van der Waals surface area contributed by atoms with E-state index in [2.05, 4.69) is 16.0 Å². The van der Waals surface area contributed by atoms with Crippen LogP contribution in [0.15, 0.2) is 24.3 Å². The molecule has 1 saturated heterocycles. The summed E-state index contributed by atoms with van der Waals surface area (Å²) in [4.78, 5) is 24.5. The van der Waals surface area contributed by atoms with Crippen LogP contribution in [0.4, 0.5) is 11.4 Å². The SMILES string of the molecule is Cl.O=C(Nc1cccc(NC(=O)C2CCNC2)c1)C1CCCCC1. The lowest BCUT2D eigenvalue weighted by Crippen LogP contribution is -2.25. The van der Waals surface area contributed by atoms with Gasteiger partial charge < -0.3 is 16.0 Å². The van der Waals surface area contributed by atoms with Gasteiger partial charge in [-0.2, -0.15) is 0 Å². The third-order valence-corrected chi connectivity index (χ3v) is 4.80. The van der Waals surface area contributed by atoms with Crippen LogP contribution in [0.5, 0.6) is 0 Å². The molecule has 2 amide bonds. The van der Waals surface area contributed by atoms with Gasteiger partial charge in [-0.1, -0.05) is 25.3 Å². The number of rotatable bonds is 4. The van der Waals surface area contributed by atoms with Crippen molar-refractivity contribution in [1.29, 1.82) is 0 Å². The minimum Gasteiger partial charge on any atom is -0.326 e. The molecule has 24 heavy (non-hydrogen) atoms. The normalized spacial score (nSPS) is 20.9. The van der Waals surface area contributed by atoms with Gasteiger partial charge in [-0.3, -0.25) is 9.59 Å². The van der Waals surface area contributed by atoms with E-state index < -0.39 is 0 Å². The molecule has 1 unspecified atom stereocenters. The summed E-state index contributed by atoms with van der Waals surface area (Å²) < 4.78 is 0. The third-order valence-electron chi connectivity index (χ3n) is 4.80. The molecule has 2 fully saturated rings. The Labute approximate surface area is 149 Å². The molecule has 1 aromatic rings. The van der Waals surface area contributed by atoms with Crippen LogP contribution >= 0.6 is 12.4 Å². The average Bonchev–Trinajstić information content (AvgIpc) is 3.10. The number of nitrogens with one attached hydrogen (secondary N) is 3. The van der Waals surface area contributed by atoms with Crippen LogP contribution in [-0.2, 0) is 9.59 Å².